The van der Waals surface area contributed by atoms with Gasteiger partial charge in [0, 0.05) is 17.3 Å². The Morgan fingerprint density at radius 1 is 1.16 bits per heavy atom. The molecule has 3 aromatic rings. The van der Waals surface area contributed by atoms with E-state index in [1.807, 2.05) is 25.3 Å². The second-order valence-electron chi connectivity index (χ2n) is 8.35. The summed E-state index contributed by atoms with van der Waals surface area (Å²) in [5, 5.41) is 15.8. The molecule has 1 heterocycles. The Morgan fingerprint density at radius 3 is 2.51 bits per heavy atom. The number of amides is 2. The van der Waals surface area contributed by atoms with Crippen LogP contribution in [0.5, 0.6) is 5.75 Å². The van der Waals surface area contributed by atoms with Crippen molar-refractivity contribution in [1.29, 1.82) is 0 Å². The molecule has 8 nitrogen and oxygen atoms in total. The SMILES string of the molecule is C=CCn1c(SCC(=O)Nc2ccc(OCC)cc2)nnc1[C@@H](NC(=O)c1ccc(Cl)cc1Cl)C(C)C. The van der Waals surface area contributed by atoms with Gasteiger partial charge in [-0.25, -0.2) is 0 Å². The molecule has 0 aliphatic heterocycles. The molecule has 0 bridgehead atoms. The second-order valence-corrected chi connectivity index (χ2v) is 10.1. The van der Waals surface area contributed by atoms with Gasteiger partial charge < -0.3 is 19.9 Å². The Labute approximate surface area is 230 Å². The number of carbonyl (C=O) groups excluding carboxylic acids is 2. The molecule has 2 amide bonds. The lowest BCUT2D eigenvalue weighted by Gasteiger charge is -2.23. The number of rotatable bonds is 12. The molecular formula is C26H29Cl2N5O3S. The van der Waals surface area contributed by atoms with Gasteiger partial charge in [0.05, 0.1) is 29.0 Å². The number of thioether (sulfide) groups is 1. The van der Waals surface area contributed by atoms with Crippen LogP contribution in [-0.2, 0) is 11.3 Å². The van der Waals surface area contributed by atoms with Crippen molar-refractivity contribution in [1.82, 2.24) is 20.1 Å². The highest BCUT2D eigenvalue weighted by molar-refractivity contribution is 7.99. The highest BCUT2D eigenvalue weighted by Gasteiger charge is 2.27. The lowest BCUT2D eigenvalue weighted by molar-refractivity contribution is -0.113. The Bertz CT molecular complexity index is 1250. The van der Waals surface area contributed by atoms with Crippen molar-refractivity contribution in [2.24, 2.45) is 5.92 Å². The zero-order chi connectivity index (χ0) is 26.9. The van der Waals surface area contributed by atoms with Gasteiger partial charge in [-0.3, -0.25) is 9.59 Å². The normalized spacial score (nSPS) is 11.7. The molecule has 11 heteroatoms. The fraction of sp³-hybridized carbons (Fsp3) is 0.308. The molecule has 196 valence electrons. The number of benzene rings is 2. The quantitative estimate of drug-likeness (QED) is 0.207. The first-order valence-electron chi connectivity index (χ1n) is 11.7. The monoisotopic (exact) mass is 561 g/mol. The van der Waals surface area contributed by atoms with Gasteiger partial charge in [-0.1, -0.05) is 54.9 Å². The third-order valence-electron chi connectivity index (χ3n) is 5.25. The molecule has 1 aromatic heterocycles. The third kappa shape index (κ3) is 7.74. The molecule has 0 saturated heterocycles. The Morgan fingerprint density at radius 2 is 1.89 bits per heavy atom. The number of hydrogen-bond donors (Lipinski definition) is 2. The van der Waals surface area contributed by atoms with Crippen molar-refractivity contribution in [2.75, 3.05) is 17.7 Å². The van der Waals surface area contributed by atoms with Crippen LogP contribution in [0, 0.1) is 5.92 Å². The fourth-order valence-electron chi connectivity index (χ4n) is 3.49. The number of allylic oxidation sites excluding steroid dienone is 1. The second kappa shape index (κ2) is 13.5. The fourth-order valence-corrected chi connectivity index (χ4v) is 4.74. The molecular weight excluding hydrogens is 533 g/mol. The van der Waals surface area contributed by atoms with E-state index in [0.29, 0.717) is 40.4 Å². The molecule has 0 fully saturated rings. The van der Waals surface area contributed by atoms with Crippen LogP contribution < -0.4 is 15.4 Å². The first kappa shape index (κ1) is 28.6. The van der Waals surface area contributed by atoms with Crippen LogP contribution in [0.15, 0.2) is 60.3 Å². The smallest absolute Gasteiger partial charge is 0.253 e. The Balaban J connectivity index is 1.72. The zero-order valence-electron chi connectivity index (χ0n) is 20.8. The first-order valence-corrected chi connectivity index (χ1v) is 13.4. The van der Waals surface area contributed by atoms with E-state index in [1.54, 1.807) is 42.5 Å². The molecule has 1 atom stereocenters. The van der Waals surface area contributed by atoms with Crippen molar-refractivity contribution >= 4 is 52.5 Å². The van der Waals surface area contributed by atoms with Crippen molar-refractivity contribution < 1.29 is 14.3 Å². The molecule has 0 aliphatic carbocycles. The summed E-state index contributed by atoms with van der Waals surface area (Å²) in [7, 11) is 0. The topological polar surface area (TPSA) is 98.1 Å². The summed E-state index contributed by atoms with van der Waals surface area (Å²) in [5.41, 5.74) is 0.984. The molecule has 0 unspecified atom stereocenters. The number of carbonyl (C=O) groups is 2. The van der Waals surface area contributed by atoms with Gasteiger partial charge in [-0.15, -0.1) is 16.8 Å². The van der Waals surface area contributed by atoms with Crippen molar-refractivity contribution in [3.63, 3.8) is 0 Å². The maximum atomic E-state index is 13.0. The molecule has 2 N–H and O–H groups in total. The lowest BCUT2D eigenvalue weighted by Crippen LogP contribution is -2.34. The Hall–Kier alpha value is -3.01. The maximum Gasteiger partial charge on any atom is 0.253 e. The van der Waals surface area contributed by atoms with Crippen LogP contribution >= 0.6 is 35.0 Å². The number of aromatic nitrogens is 3. The van der Waals surface area contributed by atoms with Crippen molar-refractivity contribution in [3.05, 3.63) is 76.6 Å². The van der Waals surface area contributed by atoms with E-state index in [1.165, 1.54) is 17.8 Å². The average Bonchev–Trinajstić information content (AvgIpc) is 3.24. The van der Waals surface area contributed by atoms with E-state index in [-0.39, 0.29) is 28.5 Å². The zero-order valence-corrected chi connectivity index (χ0v) is 23.2. The molecule has 0 radical (unpaired) electrons. The van der Waals surface area contributed by atoms with E-state index >= 15 is 0 Å². The summed E-state index contributed by atoms with van der Waals surface area (Å²) >= 11 is 13.4. The summed E-state index contributed by atoms with van der Waals surface area (Å²) in [6.07, 6.45) is 1.71. The minimum atomic E-state index is -0.460. The summed E-state index contributed by atoms with van der Waals surface area (Å²) in [6.45, 7) is 10.7. The van der Waals surface area contributed by atoms with Crippen molar-refractivity contribution in [3.8, 4) is 5.75 Å². The highest BCUT2D eigenvalue weighted by Crippen LogP contribution is 2.27. The van der Waals surface area contributed by atoms with Gasteiger partial charge in [-0.2, -0.15) is 0 Å². The standard InChI is InChI=1S/C26H29Cl2N5O3S/c1-5-13-33-24(23(16(3)4)30-25(35)20-12-7-17(27)14-21(20)28)31-32-26(33)37-15-22(34)29-18-8-10-19(11-9-18)36-6-2/h5,7-12,14,16,23H,1,6,13,15H2,2-4H3,(H,29,34)(H,30,35)/t23-/m0/s1. The van der Waals surface area contributed by atoms with E-state index < -0.39 is 6.04 Å². The van der Waals surface area contributed by atoms with Gasteiger partial charge in [-0.05, 0) is 55.3 Å². The van der Waals surface area contributed by atoms with Crippen LogP contribution in [0.3, 0.4) is 0 Å². The van der Waals surface area contributed by atoms with Gasteiger partial charge in [0.1, 0.15) is 5.75 Å². The summed E-state index contributed by atoms with van der Waals surface area (Å²) in [4.78, 5) is 25.6. The van der Waals surface area contributed by atoms with Crippen LogP contribution in [0.1, 0.15) is 43.0 Å². The Kier molecular flexibility index (Phi) is 10.4. The molecule has 0 spiro atoms. The minimum absolute atomic E-state index is 0.0106. The largest absolute Gasteiger partial charge is 0.494 e. The first-order chi connectivity index (χ1) is 17.7. The summed E-state index contributed by atoms with van der Waals surface area (Å²) in [6, 6.07) is 11.4. The highest BCUT2D eigenvalue weighted by atomic mass is 35.5. The van der Waals surface area contributed by atoms with Crippen LogP contribution in [0.4, 0.5) is 5.69 Å². The maximum absolute atomic E-state index is 13.0. The van der Waals surface area contributed by atoms with Gasteiger partial charge in [0.15, 0.2) is 11.0 Å². The predicted octanol–water partition coefficient (Wildman–Crippen LogP) is 6.03. The van der Waals surface area contributed by atoms with E-state index in [9.17, 15) is 9.59 Å². The van der Waals surface area contributed by atoms with Gasteiger partial charge in [0.25, 0.3) is 5.91 Å². The van der Waals surface area contributed by atoms with Crippen LogP contribution in [-0.4, -0.2) is 38.9 Å². The molecule has 2 aromatic carbocycles. The number of hydrogen-bond acceptors (Lipinski definition) is 6. The number of nitrogens with zero attached hydrogens (tertiary/aromatic N) is 3. The van der Waals surface area contributed by atoms with Crippen LogP contribution in [0.25, 0.3) is 0 Å². The summed E-state index contributed by atoms with van der Waals surface area (Å²) in [5.74, 6) is 0.880. The predicted molar refractivity (Wildman–Crippen MR) is 149 cm³/mol. The number of nitrogens with one attached hydrogen (secondary N) is 2. The number of ether oxygens (including phenoxy) is 1. The van der Waals surface area contributed by atoms with Crippen molar-refractivity contribution in [2.45, 2.75) is 38.5 Å². The van der Waals surface area contributed by atoms with Gasteiger partial charge in [0.2, 0.25) is 5.91 Å². The number of anilines is 1. The summed E-state index contributed by atoms with van der Waals surface area (Å²) < 4.78 is 7.27. The van der Waals surface area contributed by atoms with E-state index in [0.717, 1.165) is 5.75 Å². The van der Waals surface area contributed by atoms with E-state index in [2.05, 4.69) is 27.4 Å². The third-order valence-corrected chi connectivity index (χ3v) is 6.76. The number of halogens is 2. The molecule has 0 aliphatic rings. The molecule has 3 rings (SSSR count). The van der Waals surface area contributed by atoms with Gasteiger partial charge >= 0.3 is 0 Å². The molecule has 37 heavy (non-hydrogen) atoms. The molecule has 0 saturated carbocycles. The van der Waals surface area contributed by atoms with Crippen LogP contribution in [0.2, 0.25) is 10.0 Å². The lowest BCUT2D eigenvalue weighted by atomic mass is 10.0. The van der Waals surface area contributed by atoms with E-state index in [4.69, 9.17) is 27.9 Å². The average molecular weight is 563 g/mol. The minimum Gasteiger partial charge on any atom is -0.494 e.